The zero-order valence-electron chi connectivity index (χ0n) is 14.6. The summed E-state index contributed by atoms with van der Waals surface area (Å²) in [6, 6.07) is 5.73. The Kier molecular flexibility index (Phi) is 4.78. The summed E-state index contributed by atoms with van der Waals surface area (Å²) in [7, 11) is 0. The number of halogens is 1. The monoisotopic (exact) mass is 347 g/mol. The quantitative estimate of drug-likeness (QED) is 0.838. The van der Waals surface area contributed by atoms with Crippen LogP contribution in [0.2, 0.25) is 0 Å². The van der Waals surface area contributed by atoms with Gasteiger partial charge < -0.3 is 14.4 Å². The maximum absolute atomic E-state index is 13.0. The van der Waals surface area contributed by atoms with E-state index in [2.05, 4.69) is 0 Å². The first-order valence-electron chi connectivity index (χ1n) is 9.44. The third-order valence-electron chi connectivity index (χ3n) is 5.83. The lowest BCUT2D eigenvalue weighted by molar-refractivity contribution is -0.187. The van der Waals surface area contributed by atoms with Crippen LogP contribution in [0.25, 0.3) is 0 Å². The first-order valence-corrected chi connectivity index (χ1v) is 9.44. The Morgan fingerprint density at radius 1 is 1.20 bits per heavy atom. The minimum atomic E-state index is -0.325. The van der Waals surface area contributed by atoms with E-state index in [1.165, 1.54) is 49.9 Å². The number of hydrogen-bond acceptors (Lipinski definition) is 3. The summed E-state index contributed by atoms with van der Waals surface area (Å²) in [5.74, 6) is 0.356. The summed E-state index contributed by atoms with van der Waals surface area (Å²) < 4.78 is 25.2. The topological polar surface area (TPSA) is 38.8 Å². The number of carbonyl (C=O) groups excluding carboxylic acids is 1. The minimum absolute atomic E-state index is 0.0526. The molecule has 3 fully saturated rings. The lowest BCUT2D eigenvalue weighted by atomic mass is 9.84. The molecule has 2 heterocycles. The lowest BCUT2D eigenvalue weighted by Crippen LogP contribution is -2.67. The van der Waals surface area contributed by atoms with E-state index >= 15 is 0 Å². The van der Waals surface area contributed by atoms with Crippen LogP contribution in [-0.4, -0.2) is 48.8 Å². The SMILES string of the molecule is O=C(c1ccc(F)cc1)N1CC2(CC(OCC3CCCC3)CCO2)C1. The molecule has 1 aromatic rings. The molecule has 1 aliphatic carbocycles. The van der Waals surface area contributed by atoms with Crippen LogP contribution in [0.15, 0.2) is 24.3 Å². The molecule has 1 atom stereocenters. The van der Waals surface area contributed by atoms with Crippen LogP contribution in [-0.2, 0) is 9.47 Å². The molecule has 3 aliphatic rings. The van der Waals surface area contributed by atoms with Crippen molar-refractivity contribution in [2.24, 2.45) is 5.92 Å². The normalized spacial score (nSPS) is 26.0. The summed E-state index contributed by atoms with van der Waals surface area (Å²) in [5.41, 5.74) is 0.287. The van der Waals surface area contributed by atoms with Crippen LogP contribution in [0.1, 0.15) is 48.9 Å². The Labute approximate surface area is 148 Å². The highest BCUT2D eigenvalue weighted by molar-refractivity contribution is 5.94. The van der Waals surface area contributed by atoms with Crippen LogP contribution < -0.4 is 0 Å². The van der Waals surface area contributed by atoms with Gasteiger partial charge in [-0.1, -0.05) is 12.8 Å². The second-order valence-corrected chi connectivity index (χ2v) is 7.80. The Morgan fingerprint density at radius 2 is 1.92 bits per heavy atom. The number of rotatable bonds is 4. The van der Waals surface area contributed by atoms with Gasteiger partial charge in [-0.05, 0) is 49.4 Å². The van der Waals surface area contributed by atoms with Crippen molar-refractivity contribution >= 4 is 5.91 Å². The maximum atomic E-state index is 13.0. The molecule has 5 heteroatoms. The van der Waals surface area contributed by atoms with E-state index in [1.54, 1.807) is 4.90 Å². The molecule has 4 nitrogen and oxygen atoms in total. The number of nitrogens with zero attached hydrogens (tertiary/aromatic N) is 1. The van der Waals surface area contributed by atoms with Gasteiger partial charge in [-0.2, -0.15) is 0 Å². The van der Waals surface area contributed by atoms with Crippen LogP contribution in [0.3, 0.4) is 0 Å². The summed E-state index contributed by atoms with van der Waals surface area (Å²) in [5, 5.41) is 0. The highest BCUT2D eigenvalue weighted by Crippen LogP contribution is 2.36. The van der Waals surface area contributed by atoms with Gasteiger partial charge in [0.25, 0.3) is 5.91 Å². The van der Waals surface area contributed by atoms with Crippen molar-refractivity contribution in [3.05, 3.63) is 35.6 Å². The smallest absolute Gasteiger partial charge is 0.254 e. The Balaban J connectivity index is 1.28. The summed E-state index contributed by atoms with van der Waals surface area (Å²) in [6.07, 6.45) is 7.34. The molecule has 1 unspecified atom stereocenters. The molecule has 1 saturated carbocycles. The van der Waals surface area contributed by atoms with Crippen LogP contribution in [0.4, 0.5) is 4.39 Å². The van der Waals surface area contributed by atoms with Crippen molar-refractivity contribution in [3.63, 3.8) is 0 Å². The molecule has 4 rings (SSSR count). The molecule has 1 spiro atoms. The zero-order valence-corrected chi connectivity index (χ0v) is 14.6. The Hall–Kier alpha value is -1.46. The average Bonchev–Trinajstić information content (AvgIpc) is 3.12. The third kappa shape index (κ3) is 3.72. The molecular formula is C20H26FNO3. The highest BCUT2D eigenvalue weighted by atomic mass is 19.1. The van der Waals surface area contributed by atoms with E-state index < -0.39 is 0 Å². The molecule has 0 bridgehead atoms. The minimum Gasteiger partial charge on any atom is -0.378 e. The molecule has 1 aromatic carbocycles. The van der Waals surface area contributed by atoms with Gasteiger partial charge in [0.05, 0.1) is 19.2 Å². The predicted molar refractivity (Wildman–Crippen MR) is 91.9 cm³/mol. The highest BCUT2D eigenvalue weighted by Gasteiger charge is 2.49. The van der Waals surface area contributed by atoms with Crippen molar-refractivity contribution in [3.8, 4) is 0 Å². The molecule has 0 N–H and O–H groups in total. The molecule has 2 saturated heterocycles. The number of ether oxygens (including phenoxy) is 2. The van der Waals surface area contributed by atoms with Crippen LogP contribution in [0.5, 0.6) is 0 Å². The molecule has 0 aromatic heterocycles. The molecular weight excluding hydrogens is 321 g/mol. The fraction of sp³-hybridized carbons (Fsp3) is 0.650. The van der Waals surface area contributed by atoms with Gasteiger partial charge in [-0.15, -0.1) is 0 Å². The van der Waals surface area contributed by atoms with E-state index in [1.807, 2.05) is 0 Å². The van der Waals surface area contributed by atoms with E-state index in [0.29, 0.717) is 25.3 Å². The van der Waals surface area contributed by atoms with Crippen molar-refractivity contribution in [1.82, 2.24) is 4.90 Å². The average molecular weight is 347 g/mol. The number of likely N-dealkylation sites (tertiary alicyclic amines) is 1. The second kappa shape index (κ2) is 7.04. The predicted octanol–water partition coefficient (Wildman–Crippen LogP) is 3.41. The Bertz CT molecular complexity index is 606. The fourth-order valence-electron chi connectivity index (χ4n) is 4.36. The van der Waals surface area contributed by atoms with Gasteiger partial charge >= 0.3 is 0 Å². The van der Waals surface area contributed by atoms with Crippen molar-refractivity contribution in [2.45, 2.75) is 50.2 Å². The van der Waals surface area contributed by atoms with Crippen LogP contribution >= 0.6 is 0 Å². The maximum Gasteiger partial charge on any atom is 0.254 e. The molecule has 136 valence electrons. The van der Waals surface area contributed by atoms with Gasteiger partial charge in [0, 0.05) is 25.2 Å². The number of carbonyl (C=O) groups is 1. The van der Waals surface area contributed by atoms with Crippen molar-refractivity contribution in [1.29, 1.82) is 0 Å². The first-order chi connectivity index (χ1) is 12.1. The fourth-order valence-corrected chi connectivity index (χ4v) is 4.36. The van der Waals surface area contributed by atoms with E-state index in [-0.39, 0.29) is 23.4 Å². The summed E-state index contributed by atoms with van der Waals surface area (Å²) in [4.78, 5) is 14.2. The molecule has 2 aliphatic heterocycles. The summed E-state index contributed by atoms with van der Waals surface area (Å²) in [6.45, 7) is 2.78. The van der Waals surface area contributed by atoms with Crippen molar-refractivity contribution in [2.75, 3.05) is 26.3 Å². The van der Waals surface area contributed by atoms with E-state index in [9.17, 15) is 9.18 Å². The molecule has 1 amide bonds. The van der Waals surface area contributed by atoms with Gasteiger partial charge in [-0.3, -0.25) is 4.79 Å². The molecule has 25 heavy (non-hydrogen) atoms. The largest absolute Gasteiger partial charge is 0.378 e. The van der Waals surface area contributed by atoms with E-state index in [0.717, 1.165) is 25.4 Å². The van der Waals surface area contributed by atoms with Gasteiger partial charge in [0.15, 0.2) is 0 Å². The van der Waals surface area contributed by atoms with Crippen molar-refractivity contribution < 1.29 is 18.7 Å². The van der Waals surface area contributed by atoms with Gasteiger partial charge in [-0.25, -0.2) is 4.39 Å². The zero-order chi connectivity index (χ0) is 17.3. The third-order valence-corrected chi connectivity index (χ3v) is 5.83. The van der Waals surface area contributed by atoms with Crippen LogP contribution in [0, 0.1) is 11.7 Å². The number of hydrogen-bond donors (Lipinski definition) is 0. The number of amides is 1. The Morgan fingerprint density at radius 3 is 2.64 bits per heavy atom. The number of benzene rings is 1. The first kappa shape index (κ1) is 17.0. The second-order valence-electron chi connectivity index (χ2n) is 7.80. The standard InChI is InChI=1S/C20H26FNO3/c21-17-7-5-16(6-8-17)19(23)22-13-20(14-22)11-18(9-10-25-20)24-12-15-3-1-2-4-15/h5-8,15,18H,1-4,9-14H2. The lowest BCUT2D eigenvalue weighted by Gasteiger charge is -2.53. The summed E-state index contributed by atoms with van der Waals surface area (Å²) >= 11 is 0. The van der Waals surface area contributed by atoms with Gasteiger partial charge in [0.1, 0.15) is 11.4 Å². The molecule has 0 radical (unpaired) electrons. The van der Waals surface area contributed by atoms with E-state index in [4.69, 9.17) is 9.47 Å². The van der Waals surface area contributed by atoms with Gasteiger partial charge in [0.2, 0.25) is 0 Å².